The van der Waals surface area contributed by atoms with Gasteiger partial charge in [0.15, 0.2) is 0 Å². The van der Waals surface area contributed by atoms with Crippen molar-refractivity contribution in [3.8, 4) is 11.4 Å². The Morgan fingerprint density at radius 1 is 1.25 bits per heavy atom. The van der Waals surface area contributed by atoms with E-state index >= 15 is 0 Å². The molecule has 2 heterocycles. The fourth-order valence-electron chi connectivity index (χ4n) is 3.32. The van der Waals surface area contributed by atoms with Gasteiger partial charge in [-0.2, -0.15) is 4.98 Å². The Morgan fingerprint density at radius 2 is 2.07 bits per heavy atom. The van der Waals surface area contributed by atoms with Crippen LogP contribution in [-0.2, 0) is 0 Å². The van der Waals surface area contributed by atoms with Crippen LogP contribution in [0.3, 0.4) is 0 Å². The first-order valence-electron chi connectivity index (χ1n) is 8.95. The van der Waals surface area contributed by atoms with Gasteiger partial charge in [0.25, 0.3) is 0 Å². The maximum Gasteiger partial charge on any atom is 0.322 e. The lowest BCUT2D eigenvalue weighted by Crippen LogP contribution is -2.34. The van der Waals surface area contributed by atoms with Gasteiger partial charge < -0.3 is 14.7 Å². The van der Waals surface area contributed by atoms with Crippen LogP contribution in [0.15, 0.2) is 47.0 Å². The molecule has 0 bridgehead atoms. The fraction of sp³-hybridized carbons (Fsp3) is 0.250. The van der Waals surface area contributed by atoms with Gasteiger partial charge in [0.2, 0.25) is 11.7 Å². The van der Waals surface area contributed by atoms with Crippen molar-refractivity contribution in [1.29, 1.82) is 0 Å². The summed E-state index contributed by atoms with van der Waals surface area (Å²) in [6.07, 6.45) is 1.45. The molecule has 0 spiro atoms. The maximum atomic E-state index is 14.0. The first-order valence-corrected chi connectivity index (χ1v) is 8.95. The first kappa shape index (κ1) is 18.1. The van der Waals surface area contributed by atoms with Crippen molar-refractivity contribution < 1.29 is 18.1 Å². The number of hydrogen-bond acceptors (Lipinski definition) is 4. The second kappa shape index (κ2) is 7.38. The highest BCUT2D eigenvalue weighted by Crippen LogP contribution is 2.33. The zero-order valence-electron chi connectivity index (χ0n) is 15.2. The minimum atomic E-state index is -0.770. The minimum Gasteiger partial charge on any atom is -0.337 e. The van der Waals surface area contributed by atoms with E-state index in [0.717, 1.165) is 29.8 Å². The predicted octanol–water partition coefficient (Wildman–Crippen LogP) is 4.69. The summed E-state index contributed by atoms with van der Waals surface area (Å²) in [5.74, 6) is -1.19. The van der Waals surface area contributed by atoms with Gasteiger partial charge in [0.05, 0.1) is 5.56 Å². The lowest BCUT2D eigenvalue weighted by Gasteiger charge is -2.22. The summed E-state index contributed by atoms with van der Waals surface area (Å²) in [5.41, 5.74) is 1.74. The third-order valence-electron chi connectivity index (χ3n) is 4.80. The molecule has 0 saturated carbocycles. The van der Waals surface area contributed by atoms with E-state index < -0.39 is 17.7 Å². The first-order chi connectivity index (χ1) is 13.5. The van der Waals surface area contributed by atoms with Gasteiger partial charge in [0, 0.05) is 18.3 Å². The molecule has 28 heavy (non-hydrogen) atoms. The normalized spacial score (nSPS) is 16.4. The quantitative estimate of drug-likeness (QED) is 0.711. The molecule has 1 N–H and O–H groups in total. The number of benzene rings is 2. The topological polar surface area (TPSA) is 71.3 Å². The SMILES string of the molecule is Cc1ccccc1NC(=O)N1CCC[C@@H]1c1nc(-c2ccc(F)cc2F)no1. The monoisotopic (exact) mass is 384 g/mol. The number of nitrogens with zero attached hydrogens (tertiary/aromatic N) is 3. The lowest BCUT2D eigenvalue weighted by atomic mass is 10.2. The Bertz CT molecular complexity index is 1020. The number of nitrogens with one attached hydrogen (secondary N) is 1. The number of likely N-dealkylation sites (tertiary alicyclic amines) is 1. The summed E-state index contributed by atoms with van der Waals surface area (Å²) in [4.78, 5) is 18.6. The molecule has 8 heteroatoms. The van der Waals surface area contributed by atoms with Gasteiger partial charge in [-0.25, -0.2) is 13.6 Å². The molecule has 6 nitrogen and oxygen atoms in total. The summed E-state index contributed by atoms with van der Waals surface area (Å²) in [7, 11) is 0. The van der Waals surface area contributed by atoms with Crippen LogP contribution in [0.1, 0.15) is 30.3 Å². The second-order valence-electron chi connectivity index (χ2n) is 6.68. The highest BCUT2D eigenvalue weighted by atomic mass is 19.1. The molecule has 0 unspecified atom stereocenters. The second-order valence-corrected chi connectivity index (χ2v) is 6.68. The predicted molar refractivity (Wildman–Crippen MR) is 98.5 cm³/mol. The van der Waals surface area contributed by atoms with Crippen molar-refractivity contribution in [3.63, 3.8) is 0 Å². The minimum absolute atomic E-state index is 0.0265. The average Bonchev–Trinajstić information content (AvgIpc) is 3.32. The van der Waals surface area contributed by atoms with Gasteiger partial charge in [-0.1, -0.05) is 23.4 Å². The van der Waals surface area contributed by atoms with E-state index in [1.165, 1.54) is 6.07 Å². The van der Waals surface area contributed by atoms with E-state index in [0.29, 0.717) is 13.0 Å². The van der Waals surface area contributed by atoms with Gasteiger partial charge in [-0.15, -0.1) is 0 Å². The number of carbonyl (C=O) groups is 1. The summed E-state index contributed by atoms with van der Waals surface area (Å²) in [5, 5.41) is 6.71. The van der Waals surface area contributed by atoms with Crippen molar-refractivity contribution in [3.05, 3.63) is 65.6 Å². The largest absolute Gasteiger partial charge is 0.337 e. The average molecular weight is 384 g/mol. The van der Waals surface area contributed by atoms with Crippen LogP contribution in [0.2, 0.25) is 0 Å². The molecule has 1 atom stereocenters. The molecule has 1 aliphatic heterocycles. The highest BCUT2D eigenvalue weighted by Gasteiger charge is 2.34. The van der Waals surface area contributed by atoms with Gasteiger partial charge >= 0.3 is 6.03 Å². The van der Waals surface area contributed by atoms with Crippen LogP contribution < -0.4 is 5.32 Å². The van der Waals surface area contributed by atoms with Crippen LogP contribution in [0.5, 0.6) is 0 Å². The molecule has 2 amide bonds. The van der Waals surface area contributed by atoms with Gasteiger partial charge in [-0.05, 0) is 43.5 Å². The Balaban J connectivity index is 1.55. The molecule has 0 radical (unpaired) electrons. The number of para-hydroxylation sites is 1. The number of rotatable bonds is 3. The number of carbonyl (C=O) groups excluding carboxylic acids is 1. The third kappa shape index (κ3) is 3.45. The Hall–Kier alpha value is -3.29. The van der Waals surface area contributed by atoms with Crippen molar-refractivity contribution in [2.24, 2.45) is 0 Å². The smallest absolute Gasteiger partial charge is 0.322 e. The van der Waals surface area contributed by atoms with E-state index in [2.05, 4.69) is 15.5 Å². The molecule has 2 aromatic carbocycles. The fourth-order valence-corrected chi connectivity index (χ4v) is 3.32. The van der Waals surface area contributed by atoms with Crippen molar-refractivity contribution in [2.75, 3.05) is 11.9 Å². The molecule has 1 fully saturated rings. The molecular weight excluding hydrogens is 366 g/mol. The number of aryl methyl sites for hydroxylation is 1. The van der Waals surface area contributed by atoms with Crippen molar-refractivity contribution >= 4 is 11.7 Å². The summed E-state index contributed by atoms with van der Waals surface area (Å²) >= 11 is 0. The summed E-state index contributed by atoms with van der Waals surface area (Å²) in [6, 6.07) is 10.0. The lowest BCUT2D eigenvalue weighted by molar-refractivity contribution is 0.193. The number of hydrogen-bond donors (Lipinski definition) is 1. The van der Waals surface area contributed by atoms with E-state index in [1.807, 2.05) is 31.2 Å². The van der Waals surface area contributed by atoms with Crippen LogP contribution in [0, 0.1) is 18.6 Å². The van der Waals surface area contributed by atoms with Crippen LogP contribution in [-0.4, -0.2) is 27.6 Å². The third-order valence-corrected chi connectivity index (χ3v) is 4.80. The zero-order chi connectivity index (χ0) is 19.7. The van der Waals surface area contributed by atoms with Crippen molar-refractivity contribution in [2.45, 2.75) is 25.8 Å². The van der Waals surface area contributed by atoms with E-state index in [-0.39, 0.29) is 23.3 Å². The number of anilines is 1. The highest BCUT2D eigenvalue weighted by molar-refractivity contribution is 5.90. The molecule has 1 aliphatic rings. The van der Waals surface area contributed by atoms with Gasteiger partial charge in [-0.3, -0.25) is 0 Å². The molecule has 3 aromatic rings. The molecular formula is C20H18F2N4O2. The molecule has 0 aliphatic carbocycles. The van der Waals surface area contributed by atoms with Gasteiger partial charge in [0.1, 0.15) is 17.7 Å². The standard InChI is InChI=1S/C20H18F2N4O2/c1-12-5-2-3-6-16(12)23-20(27)26-10-4-7-17(26)19-24-18(25-28-19)14-9-8-13(21)11-15(14)22/h2-3,5-6,8-9,11,17H,4,7,10H2,1H3,(H,23,27)/t17-/m1/s1. The molecule has 1 saturated heterocycles. The van der Waals surface area contributed by atoms with Crippen LogP contribution in [0.4, 0.5) is 19.3 Å². The maximum absolute atomic E-state index is 14.0. The number of amides is 2. The Morgan fingerprint density at radius 3 is 2.86 bits per heavy atom. The van der Waals surface area contributed by atoms with Crippen LogP contribution >= 0.6 is 0 Å². The van der Waals surface area contributed by atoms with E-state index in [1.54, 1.807) is 4.90 Å². The Kier molecular flexibility index (Phi) is 4.77. The van der Waals surface area contributed by atoms with E-state index in [4.69, 9.17) is 4.52 Å². The van der Waals surface area contributed by atoms with Crippen LogP contribution in [0.25, 0.3) is 11.4 Å². The van der Waals surface area contributed by atoms with Crippen molar-refractivity contribution in [1.82, 2.24) is 15.0 Å². The molecule has 4 rings (SSSR count). The molecule has 144 valence electrons. The summed E-state index contributed by atoms with van der Waals surface area (Å²) in [6.45, 7) is 2.46. The number of urea groups is 1. The number of halogens is 2. The molecule has 1 aromatic heterocycles. The summed E-state index contributed by atoms with van der Waals surface area (Å²) < 4.78 is 32.4. The van der Waals surface area contributed by atoms with E-state index in [9.17, 15) is 13.6 Å². The zero-order valence-corrected chi connectivity index (χ0v) is 15.2. The number of aromatic nitrogens is 2. The Labute approximate surface area is 160 Å².